The van der Waals surface area contributed by atoms with E-state index in [1.165, 1.54) is 0 Å². The quantitative estimate of drug-likeness (QED) is 0.329. The molecule has 0 aliphatic rings. The molecule has 13 heteroatoms. The molecule has 0 aliphatic carbocycles. The van der Waals surface area contributed by atoms with E-state index in [4.69, 9.17) is 14.4 Å². The lowest BCUT2D eigenvalue weighted by atomic mass is 10.0. The number of ketones is 1. The van der Waals surface area contributed by atoms with Crippen LogP contribution in [-0.2, 0) is 43.9 Å². The maximum Gasteiger partial charge on any atom is 0.474 e. The highest BCUT2D eigenvalue weighted by Gasteiger charge is 2.32. The van der Waals surface area contributed by atoms with Gasteiger partial charge in [-0.15, -0.1) is 0 Å². The van der Waals surface area contributed by atoms with Gasteiger partial charge in [-0.05, 0) is 11.5 Å². The number of phosphoric acid groups is 1. The Bertz CT molecular complexity index is 854. The Morgan fingerprint density at radius 1 is 1.03 bits per heavy atom. The maximum atomic E-state index is 12.7. The summed E-state index contributed by atoms with van der Waals surface area (Å²) < 4.78 is 30.9. The molecule has 2 amide bonds. The van der Waals surface area contributed by atoms with Gasteiger partial charge in [-0.3, -0.25) is 28.0 Å². The first-order valence-corrected chi connectivity index (χ1v) is 11.4. The van der Waals surface area contributed by atoms with Gasteiger partial charge < -0.3 is 20.5 Å². The smallest absolute Gasteiger partial charge is 0.474 e. The third-order valence-electron chi connectivity index (χ3n) is 4.33. The number of carbonyl (C=O) groups is 4. The van der Waals surface area contributed by atoms with Gasteiger partial charge in [0.2, 0.25) is 5.91 Å². The minimum absolute atomic E-state index is 0.0182. The molecule has 0 saturated carbocycles. The number of alkyl carbamates (subject to hydrolysis) is 1. The first kappa shape index (κ1) is 28.2. The monoisotopic (exact) mass is 488 g/mol. The van der Waals surface area contributed by atoms with E-state index in [1.807, 2.05) is 6.07 Å². The third kappa shape index (κ3) is 10.1. The minimum atomic E-state index is -3.98. The number of Topliss-reactive ketones (excluding diaryl/α,β-unsaturated/α-hetero) is 1. The van der Waals surface area contributed by atoms with Crippen molar-refractivity contribution in [3.63, 3.8) is 0 Å². The van der Waals surface area contributed by atoms with Crippen molar-refractivity contribution in [2.75, 3.05) is 20.8 Å². The zero-order valence-electron chi connectivity index (χ0n) is 18.8. The summed E-state index contributed by atoms with van der Waals surface area (Å²) in [7, 11) is -1.90. The molecule has 1 rings (SSSR count). The lowest BCUT2D eigenvalue weighted by molar-refractivity contribution is -0.140. The summed E-state index contributed by atoms with van der Waals surface area (Å²) >= 11 is 0. The van der Waals surface area contributed by atoms with E-state index in [1.54, 1.807) is 38.1 Å². The number of carboxylic acid groups (broad SMARTS) is 1. The first-order chi connectivity index (χ1) is 15.5. The third-order valence-corrected chi connectivity index (χ3v) is 5.67. The van der Waals surface area contributed by atoms with Gasteiger partial charge in [-0.1, -0.05) is 44.2 Å². The summed E-state index contributed by atoms with van der Waals surface area (Å²) in [6.07, 6.45) is -1.63. The van der Waals surface area contributed by atoms with Gasteiger partial charge in [0.05, 0.1) is 6.42 Å². The second-order valence-electron chi connectivity index (χ2n) is 7.14. The van der Waals surface area contributed by atoms with Crippen LogP contribution in [0.5, 0.6) is 0 Å². The number of benzene rings is 1. The molecule has 12 nitrogen and oxygen atoms in total. The minimum Gasteiger partial charge on any atom is -0.481 e. The Kier molecular flexibility index (Phi) is 11.7. The summed E-state index contributed by atoms with van der Waals surface area (Å²) in [5.74, 6) is -3.47. The van der Waals surface area contributed by atoms with Crippen LogP contribution in [0.3, 0.4) is 0 Å². The van der Waals surface area contributed by atoms with Gasteiger partial charge in [0, 0.05) is 14.2 Å². The zero-order valence-corrected chi connectivity index (χ0v) is 19.7. The summed E-state index contributed by atoms with van der Waals surface area (Å²) in [6.45, 7) is 2.43. The van der Waals surface area contributed by atoms with Crippen LogP contribution >= 0.6 is 7.82 Å². The van der Waals surface area contributed by atoms with Crippen LogP contribution in [0, 0.1) is 5.92 Å². The molecule has 2 atom stereocenters. The summed E-state index contributed by atoms with van der Waals surface area (Å²) in [5.41, 5.74) is 0.745. The molecule has 0 bridgehead atoms. The van der Waals surface area contributed by atoms with Crippen molar-refractivity contribution in [3.05, 3.63) is 35.9 Å². The van der Waals surface area contributed by atoms with Gasteiger partial charge in [0.15, 0.2) is 5.78 Å². The van der Waals surface area contributed by atoms with Gasteiger partial charge in [-0.2, -0.15) is 0 Å². The summed E-state index contributed by atoms with van der Waals surface area (Å²) in [5, 5.41) is 13.8. The fraction of sp³-hybridized carbons (Fsp3) is 0.500. The second kappa shape index (κ2) is 13.7. The SMILES string of the molecule is COP(=O)(OC)OCC(=O)[C@H](CC(=O)O)NC(=O)[C@@H](NC(=O)OCc1ccccc1)C(C)C. The molecule has 0 saturated heterocycles. The molecule has 0 radical (unpaired) electrons. The average molecular weight is 488 g/mol. The van der Waals surface area contributed by atoms with Crippen LogP contribution in [0.15, 0.2) is 30.3 Å². The number of carboxylic acids is 1. The number of phosphoric ester groups is 1. The second-order valence-corrected chi connectivity index (χ2v) is 9.02. The Morgan fingerprint density at radius 3 is 2.15 bits per heavy atom. The Hall–Kier alpha value is -2.79. The van der Waals surface area contributed by atoms with Crippen LogP contribution < -0.4 is 10.6 Å². The van der Waals surface area contributed by atoms with E-state index in [0.717, 1.165) is 19.8 Å². The molecular formula is C20H29N2O10P. The fourth-order valence-corrected chi connectivity index (χ4v) is 3.18. The fourth-order valence-electron chi connectivity index (χ4n) is 2.53. The lowest BCUT2D eigenvalue weighted by Crippen LogP contribution is -2.54. The van der Waals surface area contributed by atoms with E-state index < -0.39 is 62.6 Å². The van der Waals surface area contributed by atoms with Gasteiger partial charge in [0.25, 0.3) is 0 Å². The van der Waals surface area contributed by atoms with Gasteiger partial charge in [0.1, 0.15) is 25.3 Å². The van der Waals surface area contributed by atoms with Gasteiger partial charge >= 0.3 is 19.9 Å². The predicted octanol–water partition coefficient (Wildman–Crippen LogP) is 1.88. The van der Waals surface area contributed by atoms with Crippen LogP contribution in [0.4, 0.5) is 4.79 Å². The number of amides is 2. The molecule has 1 aromatic rings. The first-order valence-electron chi connectivity index (χ1n) is 9.89. The van der Waals surface area contributed by atoms with Crippen molar-refractivity contribution >= 4 is 31.6 Å². The normalized spacial score (nSPS) is 13.1. The predicted molar refractivity (Wildman–Crippen MR) is 115 cm³/mol. The van der Waals surface area contributed by atoms with Crippen LogP contribution in [0.1, 0.15) is 25.8 Å². The molecule has 1 aromatic carbocycles. The number of rotatable bonds is 14. The molecule has 3 N–H and O–H groups in total. The molecule has 0 spiro atoms. The molecule has 0 aliphatic heterocycles. The number of hydrogen-bond acceptors (Lipinski definition) is 9. The molecule has 33 heavy (non-hydrogen) atoms. The Labute approximate surface area is 191 Å². The summed E-state index contributed by atoms with van der Waals surface area (Å²) in [4.78, 5) is 48.5. The zero-order chi connectivity index (χ0) is 25.0. The molecular weight excluding hydrogens is 459 g/mol. The highest BCUT2D eigenvalue weighted by atomic mass is 31.2. The number of hydrogen-bond donors (Lipinski definition) is 3. The van der Waals surface area contributed by atoms with E-state index in [0.29, 0.717) is 0 Å². The van der Waals surface area contributed by atoms with Crippen molar-refractivity contribution in [2.24, 2.45) is 5.92 Å². The molecule has 0 heterocycles. The van der Waals surface area contributed by atoms with Crippen molar-refractivity contribution < 1.29 is 47.2 Å². The summed E-state index contributed by atoms with van der Waals surface area (Å²) in [6, 6.07) is 6.26. The van der Waals surface area contributed by atoms with Gasteiger partial charge in [-0.25, -0.2) is 9.36 Å². The van der Waals surface area contributed by atoms with Crippen LogP contribution in [-0.4, -0.2) is 61.8 Å². The molecule has 0 aromatic heterocycles. The number of carbonyl (C=O) groups excluding carboxylic acids is 3. The van der Waals surface area contributed by atoms with E-state index in [2.05, 4.69) is 19.7 Å². The Balaban J connectivity index is 2.79. The average Bonchev–Trinajstić information content (AvgIpc) is 2.79. The highest BCUT2D eigenvalue weighted by Crippen LogP contribution is 2.47. The van der Waals surface area contributed by atoms with Crippen LogP contribution in [0.2, 0.25) is 0 Å². The molecule has 0 unspecified atom stereocenters. The molecule has 0 fully saturated rings. The van der Waals surface area contributed by atoms with E-state index in [-0.39, 0.29) is 6.61 Å². The van der Waals surface area contributed by atoms with Crippen molar-refractivity contribution in [1.29, 1.82) is 0 Å². The molecule has 184 valence electrons. The van der Waals surface area contributed by atoms with Crippen molar-refractivity contribution in [3.8, 4) is 0 Å². The largest absolute Gasteiger partial charge is 0.481 e. The number of ether oxygens (including phenoxy) is 1. The van der Waals surface area contributed by atoms with Crippen LogP contribution in [0.25, 0.3) is 0 Å². The lowest BCUT2D eigenvalue weighted by Gasteiger charge is -2.24. The number of aliphatic carboxylic acids is 1. The Morgan fingerprint density at radius 2 is 1.64 bits per heavy atom. The topological polar surface area (TPSA) is 167 Å². The number of nitrogens with one attached hydrogen (secondary N) is 2. The van der Waals surface area contributed by atoms with E-state index in [9.17, 15) is 23.7 Å². The standard InChI is InChI=1S/C20H29N2O10P/c1-13(2)18(22-20(27)31-11-14-8-6-5-7-9-14)19(26)21-15(10-17(24)25)16(23)12-32-33(28,29-3)30-4/h5-9,13,15,18H,10-12H2,1-4H3,(H,21,26)(H,22,27)(H,24,25)/t15-,18-/m0/s1. The van der Waals surface area contributed by atoms with Crippen molar-refractivity contribution in [2.45, 2.75) is 39.0 Å². The highest BCUT2D eigenvalue weighted by molar-refractivity contribution is 7.48. The maximum absolute atomic E-state index is 12.7. The van der Waals surface area contributed by atoms with Crippen molar-refractivity contribution in [1.82, 2.24) is 10.6 Å². The van der Waals surface area contributed by atoms with E-state index >= 15 is 0 Å².